The number of hydrogen-bond acceptors (Lipinski definition) is 4. The maximum absolute atomic E-state index is 12.3. The molecule has 0 aliphatic carbocycles. The lowest BCUT2D eigenvalue weighted by atomic mass is 9.96. The summed E-state index contributed by atoms with van der Waals surface area (Å²) in [6, 6.07) is 21.4. The molecule has 1 aliphatic heterocycles. The van der Waals surface area contributed by atoms with Gasteiger partial charge in [-0.1, -0.05) is 83.9 Å². The highest BCUT2D eigenvalue weighted by atomic mass is 35.5. The quantitative estimate of drug-likeness (QED) is 0.617. The van der Waals surface area contributed by atoms with Gasteiger partial charge in [0.1, 0.15) is 5.02 Å². The normalized spacial score (nSPS) is 15.7. The van der Waals surface area contributed by atoms with E-state index < -0.39 is 0 Å². The largest absolute Gasteiger partial charge is 0.290 e. The van der Waals surface area contributed by atoms with Crippen LogP contribution in [0, 0.1) is 0 Å². The van der Waals surface area contributed by atoms with Crippen molar-refractivity contribution in [2.24, 2.45) is 0 Å². The molecule has 0 radical (unpaired) electrons. The zero-order valence-electron chi connectivity index (χ0n) is 15.9. The maximum Gasteiger partial charge on any atom is 0.288 e. The van der Waals surface area contributed by atoms with E-state index in [1.807, 2.05) is 12.1 Å². The molecule has 4 rings (SSSR count). The van der Waals surface area contributed by atoms with E-state index in [0.717, 1.165) is 26.2 Å². The van der Waals surface area contributed by atoms with Crippen LogP contribution in [0.15, 0.2) is 71.7 Å². The van der Waals surface area contributed by atoms with Gasteiger partial charge in [-0.05, 0) is 11.1 Å². The number of hydrogen-bond donors (Lipinski definition) is 0. The van der Waals surface area contributed by atoms with Gasteiger partial charge < -0.3 is 0 Å². The molecular weight excluding hydrogens is 407 g/mol. The Kier molecular flexibility index (Phi) is 6.31. The van der Waals surface area contributed by atoms with E-state index in [0.29, 0.717) is 6.67 Å². The first-order valence-corrected chi connectivity index (χ1v) is 10.4. The highest BCUT2D eigenvalue weighted by molar-refractivity contribution is 6.41. The molecule has 0 amide bonds. The summed E-state index contributed by atoms with van der Waals surface area (Å²) in [5.74, 6) is 0. The second-order valence-electron chi connectivity index (χ2n) is 7.13. The Morgan fingerprint density at radius 3 is 1.97 bits per heavy atom. The first-order chi connectivity index (χ1) is 14.1. The van der Waals surface area contributed by atoms with Gasteiger partial charge in [-0.3, -0.25) is 14.6 Å². The van der Waals surface area contributed by atoms with E-state index in [1.54, 1.807) is 0 Å². The first kappa shape index (κ1) is 20.1. The van der Waals surface area contributed by atoms with Crippen LogP contribution in [0.3, 0.4) is 0 Å². The number of rotatable bonds is 5. The van der Waals surface area contributed by atoms with E-state index >= 15 is 0 Å². The van der Waals surface area contributed by atoms with Gasteiger partial charge in [-0.15, -0.1) is 0 Å². The third-order valence-corrected chi connectivity index (χ3v) is 6.03. The molecule has 2 aromatic carbocycles. The van der Waals surface area contributed by atoms with Crippen LogP contribution in [0.2, 0.25) is 10.0 Å². The second kappa shape index (κ2) is 9.09. The molecule has 0 saturated carbocycles. The summed E-state index contributed by atoms with van der Waals surface area (Å²) in [7, 11) is 0. The molecule has 29 heavy (non-hydrogen) atoms. The lowest BCUT2D eigenvalue weighted by molar-refractivity contribution is 0.0834. The van der Waals surface area contributed by atoms with Crippen molar-refractivity contribution < 1.29 is 0 Å². The Bertz CT molecular complexity index is 963. The molecule has 1 aromatic heterocycles. The third kappa shape index (κ3) is 4.54. The Hall–Kier alpha value is -2.18. The molecular formula is C22H22Cl2N4O. The molecule has 1 saturated heterocycles. The summed E-state index contributed by atoms with van der Waals surface area (Å²) in [5.41, 5.74) is 2.22. The number of benzene rings is 2. The molecule has 0 atom stereocenters. The highest BCUT2D eigenvalue weighted by Gasteiger charge is 2.26. The molecule has 0 N–H and O–H groups in total. The zero-order chi connectivity index (χ0) is 20.2. The van der Waals surface area contributed by atoms with Crippen molar-refractivity contribution >= 4 is 23.2 Å². The van der Waals surface area contributed by atoms with Crippen molar-refractivity contribution in [3.05, 3.63) is 98.4 Å². The first-order valence-electron chi connectivity index (χ1n) is 9.61. The molecule has 5 nitrogen and oxygen atoms in total. The minimum Gasteiger partial charge on any atom is -0.290 e. The molecule has 150 valence electrons. The van der Waals surface area contributed by atoms with Crippen LogP contribution in [0.5, 0.6) is 0 Å². The molecule has 0 unspecified atom stereocenters. The minimum absolute atomic E-state index is 0.0218. The minimum atomic E-state index is -0.354. The Balaban J connectivity index is 1.49. The van der Waals surface area contributed by atoms with E-state index in [4.69, 9.17) is 23.2 Å². The zero-order valence-corrected chi connectivity index (χ0v) is 17.4. The lowest BCUT2D eigenvalue weighted by Gasteiger charge is -2.39. The predicted molar refractivity (Wildman–Crippen MR) is 116 cm³/mol. The molecule has 2 heterocycles. The van der Waals surface area contributed by atoms with Crippen LogP contribution in [0.25, 0.3) is 0 Å². The van der Waals surface area contributed by atoms with Crippen LogP contribution in [0.1, 0.15) is 17.2 Å². The molecule has 0 bridgehead atoms. The van der Waals surface area contributed by atoms with Crippen LogP contribution in [0.4, 0.5) is 0 Å². The summed E-state index contributed by atoms with van der Waals surface area (Å²) < 4.78 is 1.37. The van der Waals surface area contributed by atoms with Crippen LogP contribution < -0.4 is 5.56 Å². The molecule has 1 aliphatic rings. The highest BCUT2D eigenvalue weighted by Crippen LogP contribution is 2.29. The SMILES string of the molecule is O=c1c(Cl)c(Cl)cnn1CN1CCN(C(c2ccccc2)c2ccccc2)CC1. The molecule has 1 fully saturated rings. The summed E-state index contributed by atoms with van der Waals surface area (Å²) in [6.45, 7) is 3.87. The van der Waals surface area contributed by atoms with Crippen LogP contribution in [-0.4, -0.2) is 45.8 Å². The number of halogens is 2. The van der Waals surface area contributed by atoms with Crippen molar-refractivity contribution in [2.45, 2.75) is 12.7 Å². The van der Waals surface area contributed by atoms with Gasteiger partial charge in [0.2, 0.25) is 0 Å². The van der Waals surface area contributed by atoms with Gasteiger partial charge in [-0.2, -0.15) is 5.10 Å². The Labute approximate surface area is 180 Å². The van der Waals surface area contributed by atoms with Crippen LogP contribution in [-0.2, 0) is 6.67 Å². The van der Waals surface area contributed by atoms with E-state index in [2.05, 4.69) is 63.4 Å². The maximum atomic E-state index is 12.3. The predicted octanol–water partition coefficient (Wildman–Crippen LogP) is 3.91. The Morgan fingerprint density at radius 1 is 0.862 bits per heavy atom. The van der Waals surface area contributed by atoms with Gasteiger partial charge in [0.15, 0.2) is 0 Å². The van der Waals surface area contributed by atoms with Gasteiger partial charge in [0.05, 0.1) is 23.9 Å². The fourth-order valence-electron chi connectivity index (χ4n) is 3.78. The van der Waals surface area contributed by atoms with Gasteiger partial charge in [-0.25, -0.2) is 4.68 Å². The van der Waals surface area contributed by atoms with Crippen molar-refractivity contribution in [3.63, 3.8) is 0 Å². The van der Waals surface area contributed by atoms with Crippen molar-refractivity contribution in [1.29, 1.82) is 0 Å². The van der Waals surface area contributed by atoms with Gasteiger partial charge in [0.25, 0.3) is 5.56 Å². The van der Waals surface area contributed by atoms with Crippen LogP contribution >= 0.6 is 23.2 Å². The smallest absolute Gasteiger partial charge is 0.288 e. The number of aromatic nitrogens is 2. The summed E-state index contributed by atoms with van der Waals surface area (Å²) in [5, 5.41) is 4.32. The second-order valence-corrected chi connectivity index (χ2v) is 7.92. The Morgan fingerprint density at radius 2 is 1.41 bits per heavy atom. The lowest BCUT2D eigenvalue weighted by Crippen LogP contribution is -2.49. The average Bonchev–Trinajstić information content (AvgIpc) is 2.77. The summed E-state index contributed by atoms with van der Waals surface area (Å²) in [4.78, 5) is 17.0. The van der Waals surface area contributed by atoms with Crippen molar-refractivity contribution in [1.82, 2.24) is 19.6 Å². The van der Waals surface area contributed by atoms with E-state index in [1.165, 1.54) is 22.0 Å². The molecule has 7 heteroatoms. The molecule has 0 spiro atoms. The average molecular weight is 429 g/mol. The van der Waals surface area contributed by atoms with E-state index in [-0.39, 0.29) is 21.6 Å². The number of piperazine rings is 1. The van der Waals surface area contributed by atoms with E-state index in [9.17, 15) is 4.79 Å². The fraction of sp³-hybridized carbons (Fsp3) is 0.273. The molecule has 3 aromatic rings. The number of nitrogens with zero attached hydrogens (tertiary/aromatic N) is 4. The summed E-state index contributed by atoms with van der Waals surface area (Å²) >= 11 is 11.8. The third-order valence-electron chi connectivity index (χ3n) is 5.28. The van der Waals surface area contributed by atoms with Gasteiger partial charge in [0, 0.05) is 26.2 Å². The standard InChI is InChI=1S/C22H22Cl2N4O/c23-19-15-25-28(22(29)20(19)24)16-26-11-13-27(14-12-26)21(17-7-3-1-4-8-17)18-9-5-2-6-10-18/h1-10,15,21H,11-14,16H2. The monoisotopic (exact) mass is 428 g/mol. The fourth-order valence-corrected chi connectivity index (χ4v) is 4.05. The van der Waals surface area contributed by atoms with Crippen molar-refractivity contribution in [3.8, 4) is 0 Å². The van der Waals surface area contributed by atoms with Gasteiger partial charge >= 0.3 is 0 Å². The van der Waals surface area contributed by atoms with Crippen molar-refractivity contribution in [2.75, 3.05) is 26.2 Å². The summed E-state index contributed by atoms with van der Waals surface area (Å²) in [6.07, 6.45) is 1.42. The topological polar surface area (TPSA) is 41.4 Å².